The molecule has 10 rings (SSSR count). The lowest BCUT2D eigenvalue weighted by atomic mass is 9.81. The second-order valence-electron chi connectivity index (χ2n) is 15.0. The van der Waals surface area contributed by atoms with E-state index < -0.39 is 0 Å². The quantitative estimate of drug-likeness (QED) is 0.172. The normalized spacial score (nSPS) is 12.7. The van der Waals surface area contributed by atoms with Gasteiger partial charge in [0.2, 0.25) is 0 Å². The van der Waals surface area contributed by atoms with Gasteiger partial charge in [-0.3, -0.25) is 0 Å². The number of fused-ring (bicyclic) bond motifs is 4. The summed E-state index contributed by atoms with van der Waals surface area (Å²) in [4.78, 5) is 10.2. The smallest absolute Gasteiger partial charge is 0.160 e. The SMILES string of the molecule is CC1(C)c2cc3ccccc3cc2-c2c(-c3ccc(-c4cc(-c5ccc(-c6ccc(-c7ccccc7)cc6)cc5)nc(-c5ccccc5)n4)cc3)cccc21. The van der Waals surface area contributed by atoms with E-state index in [9.17, 15) is 0 Å². The molecule has 1 aliphatic rings. The number of hydrogen-bond acceptors (Lipinski definition) is 2. The summed E-state index contributed by atoms with van der Waals surface area (Å²) in [7, 11) is 0. The van der Waals surface area contributed by atoms with Crippen LogP contribution in [0.2, 0.25) is 0 Å². The van der Waals surface area contributed by atoms with E-state index in [0.717, 1.165) is 28.1 Å². The molecule has 2 heteroatoms. The molecule has 0 fully saturated rings. The van der Waals surface area contributed by atoms with E-state index in [-0.39, 0.29) is 5.41 Å². The average molecular weight is 703 g/mol. The van der Waals surface area contributed by atoms with Gasteiger partial charge in [-0.1, -0.05) is 190 Å². The maximum absolute atomic E-state index is 5.12. The van der Waals surface area contributed by atoms with Crippen LogP contribution in [0.15, 0.2) is 194 Å². The highest BCUT2D eigenvalue weighted by Crippen LogP contribution is 2.53. The number of hydrogen-bond donors (Lipinski definition) is 0. The van der Waals surface area contributed by atoms with Crippen LogP contribution in [-0.2, 0) is 5.41 Å². The molecule has 1 aliphatic carbocycles. The van der Waals surface area contributed by atoms with Crippen molar-refractivity contribution >= 4 is 10.8 Å². The molecular formula is C53H38N2. The predicted molar refractivity (Wildman–Crippen MR) is 230 cm³/mol. The summed E-state index contributed by atoms with van der Waals surface area (Å²) in [5, 5.41) is 2.56. The summed E-state index contributed by atoms with van der Waals surface area (Å²) >= 11 is 0. The molecule has 55 heavy (non-hydrogen) atoms. The monoisotopic (exact) mass is 702 g/mol. The van der Waals surface area contributed by atoms with Crippen LogP contribution in [0.5, 0.6) is 0 Å². The van der Waals surface area contributed by atoms with Crippen LogP contribution in [0, 0.1) is 0 Å². The zero-order chi connectivity index (χ0) is 36.9. The Hall–Kier alpha value is -6.90. The van der Waals surface area contributed by atoms with E-state index in [1.54, 1.807) is 0 Å². The lowest BCUT2D eigenvalue weighted by molar-refractivity contribution is 0.661. The number of nitrogens with zero attached hydrogens (tertiary/aromatic N) is 2. The van der Waals surface area contributed by atoms with E-state index in [4.69, 9.17) is 9.97 Å². The summed E-state index contributed by atoms with van der Waals surface area (Å²) < 4.78 is 0. The molecule has 9 aromatic rings. The molecule has 0 saturated heterocycles. The third kappa shape index (κ3) is 5.84. The summed E-state index contributed by atoms with van der Waals surface area (Å²) in [5.74, 6) is 0.713. The maximum Gasteiger partial charge on any atom is 0.160 e. The van der Waals surface area contributed by atoms with Crippen LogP contribution in [0.3, 0.4) is 0 Å². The molecule has 0 atom stereocenters. The van der Waals surface area contributed by atoms with Crippen molar-refractivity contribution < 1.29 is 0 Å². The standard InChI is InChI=1S/C53H38N2/c1-53(2)47-19-11-18-45(51(47)46-32-43-16-9-10-17-44(43)33-48(46)53)39-26-30-41(31-27-39)50-34-49(54-52(55-50)42-14-7-4-8-15-42)40-28-24-38(25-29-40)37-22-20-36(21-23-37)35-12-5-3-6-13-35/h3-34H,1-2H3. The Morgan fingerprint density at radius 1 is 0.327 bits per heavy atom. The van der Waals surface area contributed by atoms with E-state index in [1.807, 2.05) is 18.2 Å². The molecule has 0 unspecified atom stereocenters. The highest BCUT2D eigenvalue weighted by molar-refractivity contribution is 5.98. The molecule has 2 nitrogen and oxygen atoms in total. The minimum absolute atomic E-state index is 0.0823. The molecule has 0 N–H and O–H groups in total. The first-order chi connectivity index (χ1) is 27.0. The molecule has 0 amide bonds. The van der Waals surface area contributed by atoms with Crippen LogP contribution < -0.4 is 0 Å². The van der Waals surface area contributed by atoms with Gasteiger partial charge in [-0.2, -0.15) is 0 Å². The van der Waals surface area contributed by atoms with Gasteiger partial charge in [0.15, 0.2) is 5.82 Å². The topological polar surface area (TPSA) is 25.8 Å². The first-order valence-electron chi connectivity index (χ1n) is 19.0. The minimum atomic E-state index is -0.0823. The molecule has 0 spiro atoms. The number of benzene rings is 8. The van der Waals surface area contributed by atoms with Gasteiger partial charge in [0.1, 0.15) is 0 Å². The van der Waals surface area contributed by atoms with Crippen LogP contribution in [0.25, 0.3) is 89.2 Å². The van der Waals surface area contributed by atoms with Crippen LogP contribution in [0.1, 0.15) is 25.0 Å². The fraction of sp³-hybridized carbons (Fsp3) is 0.0566. The largest absolute Gasteiger partial charge is 0.228 e. The first kappa shape index (κ1) is 32.7. The molecule has 1 aromatic heterocycles. The summed E-state index contributed by atoms with van der Waals surface area (Å²) in [6.45, 7) is 4.71. The van der Waals surface area contributed by atoms with Crippen molar-refractivity contribution in [3.05, 3.63) is 205 Å². The van der Waals surface area contributed by atoms with E-state index >= 15 is 0 Å². The van der Waals surface area contributed by atoms with Crippen LogP contribution in [-0.4, -0.2) is 9.97 Å². The third-order valence-corrected chi connectivity index (χ3v) is 11.3. The lowest BCUT2D eigenvalue weighted by Crippen LogP contribution is -2.14. The fourth-order valence-corrected chi connectivity index (χ4v) is 8.31. The maximum atomic E-state index is 5.12. The molecule has 260 valence electrons. The van der Waals surface area contributed by atoms with Gasteiger partial charge >= 0.3 is 0 Å². The molecule has 0 bridgehead atoms. The first-order valence-corrected chi connectivity index (χ1v) is 19.0. The second kappa shape index (κ2) is 13.2. The predicted octanol–water partition coefficient (Wildman–Crippen LogP) is 13.9. The van der Waals surface area contributed by atoms with E-state index in [1.165, 1.54) is 66.4 Å². The zero-order valence-electron chi connectivity index (χ0n) is 30.9. The lowest BCUT2D eigenvalue weighted by Gasteiger charge is -2.22. The third-order valence-electron chi connectivity index (χ3n) is 11.3. The number of rotatable bonds is 6. The molecule has 0 radical (unpaired) electrons. The molecule has 0 aliphatic heterocycles. The van der Waals surface area contributed by atoms with Crippen molar-refractivity contribution in [1.29, 1.82) is 0 Å². The van der Waals surface area contributed by atoms with Crippen molar-refractivity contribution in [3.63, 3.8) is 0 Å². The average Bonchev–Trinajstić information content (AvgIpc) is 3.48. The summed E-state index contributed by atoms with van der Waals surface area (Å²) in [5.41, 5.74) is 17.5. The Kier molecular flexibility index (Phi) is 7.85. The van der Waals surface area contributed by atoms with Crippen LogP contribution >= 0.6 is 0 Å². The van der Waals surface area contributed by atoms with Crippen molar-refractivity contribution in [2.45, 2.75) is 19.3 Å². The Morgan fingerprint density at radius 2 is 0.782 bits per heavy atom. The van der Waals surface area contributed by atoms with Crippen molar-refractivity contribution in [2.75, 3.05) is 0 Å². The van der Waals surface area contributed by atoms with Crippen molar-refractivity contribution in [1.82, 2.24) is 9.97 Å². The van der Waals surface area contributed by atoms with Gasteiger partial charge in [-0.05, 0) is 84.6 Å². The van der Waals surface area contributed by atoms with Gasteiger partial charge in [0.05, 0.1) is 11.4 Å². The summed E-state index contributed by atoms with van der Waals surface area (Å²) in [6.07, 6.45) is 0. The molecule has 1 heterocycles. The molecule has 8 aromatic carbocycles. The van der Waals surface area contributed by atoms with Crippen molar-refractivity contribution in [3.8, 4) is 78.4 Å². The molecular weight excluding hydrogens is 665 g/mol. The van der Waals surface area contributed by atoms with Gasteiger partial charge in [0.25, 0.3) is 0 Å². The Bertz CT molecular complexity index is 2840. The van der Waals surface area contributed by atoms with Gasteiger partial charge in [0, 0.05) is 22.1 Å². The number of aromatic nitrogens is 2. The highest BCUT2D eigenvalue weighted by Gasteiger charge is 2.37. The fourth-order valence-electron chi connectivity index (χ4n) is 8.31. The Morgan fingerprint density at radius 3 is 1.35 bits per heavy atom. The van der Waals surface area contributed by atoms with Gasteiger partial charge in [-0.15, -0.1) is 0 Å². The van der Waals surface area contributed by atoms with Crippen molar-refractivity contribution in [2.24, 2.45) is 0 Å². The molecule has 0 saturated carbocycles. The van der Waals surface area contributed by atoms with Gasteiger partial charge in [-0.25, -0.2) is 9.97 Å². The highest BCUT2D eigenvalue weighted by atomic mass is 14.9. The Balaban J connectivity index is 1.00. The minimum Gasteiger partial charge on any atom is -0.228 e. The van der Waals surface area contributed by atoms with Gasteiger partial charge < -0.3 is 0 Å². The zero-order valence-corrected chi connectivity index (χ0v) is 30.9. The summed E-state index contributed by atoms with van der Waals surface area (Å²) in [6, 6.07) is 69.6. The van der Waals surface area contributed by atoms with E-state index in [2.05, 4.69) is 190 Å². The van der Waals surface area contributed by atoms with E-state index in [0.29, 0.717) is 5.82 Å². The Labute approximate surface area is 322 Å². The van der Waals surface area contributed by atoms with Crippen LogP contribution in [0.4, 0.5) is 0 Å². The second-order valence-corrected chi connectivity index (χ2v) is 15.0.